The molecule has 0 saturated carbocycles. The van der Waals surface area contributed by atoms with Crippen molar-refractivity contribution in [2.45, 2.75) is 242 Å². The highest BCUT2D eigenvalue weighted by molar-refractivity contribution is 5.07. The summed E-state index contributed by atoms with van der Waals surface area (Å²) in [5.74, 6) is 0.822. The zero-order chi connectivity index (χ0) is 83.2. The third-order valence-corrected chi connectivity index (χ3v) is 8.97. The average molecular weight is 1450 g/mol. The first-order valence-electron chi connectivity index (χ1n) is 37.5. The Hall–Kier alpha value is -10.2. The van der Waals surface area contributed by atoms with E-state index in [2.05, 4.69) is 92.1 Å². The van der Waals surface area contributed by atoms with Gasteiger partial charge in [-0.05, 0) is 195 Å². The van der Waals surface area contributed by atoms with Crippen molar-refractivity contribution < 1.29 is 0 Å². The largest absolute Gasteiger partial charge is 0.367 e. The number of hydrogen-bond acceptors (Lipinski definition) is 15. The van der Waals surface area contributed by atoms with Gasteiger partial charge >= 0.3 is 0 Å². The maximum absolute atomic E-state index is 3.98. The van der Waals surface area contributed by atoms with Gasteiger partial charge in [0.25, 0.3) is 0 Å². The SMILES string of the molecule is CC.CC.CC.CC.CC.CC.CC.CC.CC.CC.CC.CC.Cc1cc[nH]c1.Cc1ccc[nH]1.Cc1ccccn1.Cc1cccnc1.Cc1cccnn1.Cc1ccncc1.Cc1ccncn1.Cc1ccnnc1.Cc1cnccn1.Cc1cncnc1.Cc1ncccn1.Cn1cccc1. The zero-order valence-corrected chi connectivity index (χ0v) is 72.7. The van der Waals surface area contributed by atoms with Crippen molar-refractivity contribution in [3.63, 3.8) is 0 Å². The van der Waals surface area contributed by atoms with E-state index in [1.807, 2.05) is 381 Å². The van der Waals surface area contributed by atoms with Crippen molar-refractivity contribution in [2.24, 2.45) is 7.05 Å². The molecule has 0 atom stereocenters. The van der Waals surface area contributed by atoms with E-state index in [1.54, 1.807) is 99.0 Å². The third-order valence-electron chi connectivity index (χ3n) is 8.97. The van der Waals surface area contributed by atoms with Crippen LogP contribution in [-0.2, 0) is 7.05 Å². The molecule has 12 rings (SSSR count). The fourth-order valence-corrected chi connectivity index (χ4v) is 4.78. The normalized spacial score (nSPS) is 7.43. The Morgan fingerprint density at radius 1 is 0.267 bits per heavy atom. The van der Waals surface area contributed by atoms with Crippen LogP contribution in [0.1, 0.15) is 228 Å². The van der Waals surface area contributed by atoms with E-state index in [9.17, 15) is 0 Å². The lowest BCUT2D eigenvalue weighted by Crippen LogP contribution is -1.80. The molecule has 0 aliphatic heterocycles. The number of nitrogens with zero attached hydrogens (tertiary/aromatic N) is 16. The van der Waals surface area contributed by atoms with Gasteiger partial charge in [-0.15, -0.1) is 0 Å². The number of pyridine rings is 3. The molecular formula is C87H150N18. The Balaban J connectivity index is -0.0000000875. The first-order chi connectivity index (χ1) is 51.2. The number of hydrogen-bond donors (Lipinski definition) is 2. The Morgan fingerprint density at radius 3 is 0.952 bits per heavy atom. The van der Waals surface area contributed by atoms with Crippen molar-refractivity contribution in [3.8, 4) is 0 Å². The van der Waals surface area contributed by atoms with E-state index in [0.717, 1.165) is 39.7 Å². The molecule has 0 aromatic carbocycles. The molecule has 18 nitrogen and oxygen atoms in total. The number of nitrogens with one attached hydrogen (secondary N) is 2. The maximum Gasteiger partial charge on any atom is 0.125 e. The van der Waals surface area contributed by atoms with Gasteiger partial charge in [0.2, 0.25) is 0 Å². The molecule has 0 amide bonds. The molecule has 0 spiro atoms. The molecule has 105 heavy (non-hydrogen) atoms. The molecule has 12 aromatic heterocycles. The van der Waals surface area contributed by atoms with Crippen LogP contribution in [0.15, 0.2) is 246 Å². The summed E-state index contributed by atoms with van der Waals surface area (Å²) < 4.78 is 2.00. The Bertz CT molecular complexity index is 2490. The molecule has 0 unspecified atom stereocenters. The average Bonchev–Trinajstić information content (AvgIpc) is 2.52. The Morgan fingerprint density at radius 2 is 0.752 bits per heavy atom. The van der Waals surface area contributed by atoms with E-state index in [1.165, 1.54) is 35.0 Å². The van der Waals surface area contributed by atoms with E-state index in [-0.39, 0.29) is 0 Å². The van der Waals surface area contributed by atoms with E-state index in [0.29, 0.717) is 0 Å². The summed E-state index contributed by atoms with van der Waals surface area (Å²) in [7, 11) is 2.00. The summed E-state index contributed by atoms with van der Waals surface area (Å²) in [4.78, 5) is 48.3. The second-order valence-corrected chi connectivity index (χ2v) is 16.8. The summed E-state index contributed by atoms with van der Waals surface area (Å²) in [6.07, 6.45) is 40.6. The van der Waals surface area contributed by atoms with Crippen LogP contribution in [0.25, 0.3) is 0 Å². The minimum absolute atomic E-state index is 0.822. The minimum Gasteiger partial charge on any atom is -0.367 e. The van der Waals surface area contributed by atoms with Gasteiger partial charge in [0, 0.05) is 148 Å². The summed E-state index contributed by atoms with van der Waals surface area (Å²) >= 11 is 0. The first kappa shape index (κ1) is 122. The fraction of sp³-hybridized carbons (Fsp3) is 0.414. The topological polar surface area (TPSA) is 230 Å². The standard InChI is InChI=1S/3C6H7N.6C5H6N2.3C5H7N.12C2H6/c1-6-2-4-7-5-3-6;1-6-3-2-4-7-5-6;1-6-4-2-3-5-7-6;1-5-2-6-4-7-3-5;1-5-4-6-2-3-7-5;1-5-2-3-6-4-7-5;1-5-2-3-6-7-4-5;1-5-6-3-2-4-7-5;1-5-3-2-4-6-7-5;1-5-2-3-6-4-5;1-6-4-2-3-5-6;1-5-3-2-4-6-5;12*1-2/h3*2-5H,1H3;6*2-4H,1H3;2-4,6H,1H3;2-5H,1H3;2-4,6H,1H3;12*1-2H3. The van der Waals surface area contributed by atoms with E-state index < -0.39 is 0 Å². The van der Waals surface area contributed by atoms with Crippen LogP contribution in [-0.4, -0.2) is 89.8 Å². The van der Waals surface area contributed by atoms with Crippen LogP contribution >= 0.6 is 0 Å². The van der Waals surface area contributed by atoms with Crippen LogP contribution in [0, 0.1) is 76.2 Å². The van der Waals surface area contributed by atoms with Crippen LogP contribution in [0.2, 0.25) is 0 Å². The summed E-state index contributed by atoms with van der Waals surface area (Å²) in [5, 5.41) is 14.6. The predicted molar refractivity (Wildman–Crippen MR) is 460 cm³/mol. The predicted octanol–water partition coefficient (Wildman–Crippen LogP) is 24.9. The lowest BCUT2D eigenvalue weighted by Gasteiger charge is -1.82. The van der Waals surface area contributed by atoms with Gasteiger partial charge in [0.1, 0.15) is 18.5 Å². The van der Waals surface area contributed by atoms with Crippen LogP contribution in [0.5, 0.6) is 0 Å². The molecule has 0 radical (unpaired) electrons. The molecule has 0 aliphatic rings. The van der Waals surface area contributed by atoms with Gasteiger partial charge in [-0.25, -0.2) is 29.9 Å². The van der Waals surface area contributed by atoms with Crippen molar-refractivity contribution in [1.29, 1.82) is 0 Å². The molecule has 588 valence electrons. The van der Waals surface area contributed by atoms with Crippen molar-refractivity contribution in [2.75, 3.05) is 0 Å². The molecule has 2 N–H and O–H groups in total. The molecule has 12 aromatic rings. The second kappa shape index (κ2) is 118. The smallest absolute Gasteiger partial charge is 0.125 e. The summed E-state index contributed by atoms with van der Waals surface area (Å²) in [5.41, 5.74) is 11.2. The van der Waals surface area contributed by atoms with Gasteiger partial charge in [-0.2, -0.15) is 20.4 Å². The lowest BCUT2D eigenvalue weighted by atomic mass is 10.3. The lowest BCUT2D eigenvalue weighted by molar-refractivity contribution is 0.928. The molecule has 12 heterocycles. The van der Waals surface area contributed by atoms with Gasteiger partial charge in [-0.1, -0.05) is 178 Å². The third kappa shape index (κ3) is 115. The number of rotatable bonds is 0. The van der Waals surface area contributed by atoms with Crippen molar-refractivity contribution >= 4 is 0 Å². The van der Waals surface area contributed by atoms with Gasteiger partial charge in [0.15, 0.2) is 0 Å². The number of H-pyrrole nitrogens is 2. The number of aromatic amines is 2. The monoisotopic (exact) mass is 1450 g/mol. The molecule has 18 heteroatoms. The number of aromatic nitrogens is 18. The second-order valence-electron chi connectivity index (χ2n) is 16.8. The molecule has 0 bridgehead atoms. The highest BCUT2D eigenvalue weighted by atomic mass is 15.1. The molecular weight excluding hydrogens is 1300 g/mol. The van der Waals surface area contributed by atoms with Gasteiger partial charge < -0.3 is 14.5 Å². The maximum atomic E-state index is 3.98. The van der Waals surface area contributed by atoms with Gasteiger partial charge in [-0.3, -0.25) is 24.9 Å². The van der Waals surface area contributed by atoms with Crippen LogP contribution in [0.3, 0.4) is 0 Å². The van der Waals surface area contributed by atoms with Gasteiger partial charge in [0.05, 0.1) is 17.6 Å². The molecule has 0 aliphatic carbocycles. The molecule has 0 fully saturated rings. The van der Waals surface area contributed by atoms with E-state index >= 15 is 0 Å². The Labute approximate surface area is 643 Å². The minimum atomic E-state index is 0.822. The zero-order valence-electron chi connectivity index (χ0n) is 72.7. The highest BCUT2D eigenvalue weighted by Crippen LogP contribution is 1.92. The number of aryl methyl sites for hydroxylation is 12. The van der Waals surface area contributed by atoms with Crippen molar-refractivity contribution in [3.05, 3.63) is 308 Å². The van der Waals surface area contributed by atoms with E-state index in [4.69, 9.17) is 0 Å². The van der Waals surface area contributed by atoms with Crippen molar-refractivity contribution in [1.82, 2.24) is 89.8 Å². The molecule has 0 saturated heterocycles. The highest BCUT2D eigenvalue weighted by Gasteiger charge is 1.80. The first-order valence-corrected chi connectivity index (χ1v) is 37.5. The fourth-order valence-electron chi connectivity index (χ4n) is 4.78. The summed E-state index contributed by atoms with van der Waals surface area (Å²) in [6.45, 7) is 69.7. The van der Waals surface area contributed by atoms with Crippen LogP contribution < -0.4 is 0 Å². The van der Waals surface area contributed by atoms with Crippen LogP contribution in [0.4, 0.5) is 0 Å². The summed E-state index contributed by atoms with van der Waals surface area (Å²) in [6, 6.07) is 33.1. The quantitative estimate of drug-likeness (QED) is 0.144. The Kier molecular flexibility index (Phi) is 136.